The van der Waals surface area contributed by atoms with Crippen LogP contribution in [0.1, 0.15) is 76.2 Å². The van der Waals surface area contributed by atoms with Crippen molar-refractivity contribution in [1.82, 2.24) is 25.5 Å². The average Bonchev–Trinajstić information content (AvgIpc) is 3.20. The van der Waals surface area contributed by atoms with Crippen molar-refractivity contribution in [2.24, 2.45) is 5.92 Å². The van der Waals surface area contributed by atoms with Crippen molar-refractivity contribution in [2.75, 3.05) is 18.4 Å². The van der Waals surface area contributed by atoms with Crippen LogP contribution in [0.2, 0.25) is 0 Å². The van der Waals surface area contributed by atoms with E-state index in [2.05, 4.69) is 25.9 Å². The zero-order valence-electron chi connectivity index (χ0n) is 18.7. The van der Waals surface area contributed by atoms with Gasteiger partial charge < -0.3 is 20.9 Å². The van der Waals surface area contributed by atoms with Crippen LogP contribution in [0.3, 0.4) is 0 Å². The van der Waals surface area contributed by atoms with E-state index in [0.29, 0.717) is 38.3 Å². The van der Waals surface area contributed by atoms with Gasteiger partial charge in [0, 0.05) is 43.5 Å². The predicted molar refractivity (Wildman–Crippen MR) is 118 cm³/mol. The summed E-state index contributed by atoms with van der Waals surface area (Å²) in [7, 11) is 0. The van der Waals surface area contributed by atoms with E-state index in [1.165, 1.54) is 25.2 Å². The second-order valence-electron chi connectivity index (χ2n) is 9.57. The van der Waals surface area contributed by atoms with Crippen molar-refractivity contribution in [3.63, 3.8) is 0 Å². The van der Waals surface area contributed by atoms with Crippen molar-refractivity contribution < 1.29 is 14.4 Å². The van der Waals surface area contributed by atoms with Crippen LogP contribution in [0.5, 0.6) is 0 Å². The molecule has 2 fully saturated rings. The van der Waals surface area contributed by atoms with Gasteiger partial charge in [0.2, 0.25) is 5.91 Å². The number of piperidine rings is 1. The molecule has 1 saturated heterocycles. The molecule has 0 radical (unpaired) electrons. The molecule has 0 unspecified atom stereocenters. The number of hydrogen-bond donors (Lipinski definition) is 3. The second kappa shape index (κ2) is 10.1. The molecule has 0 bridgehead atoms. The van der Waals surface area contributed by atoms with Crippen LogP contribution in [0.15, 0.2) is 12.4 Å². The van der Waals surface area contributed by atoms with Gasteiger partial charge in [0.25, 0.3) is 5.91 Å². The van der Waals surface area contributed by atoms with Gasteiger partial charge in [-0.15, -0.1) is 0 Å². The summed E-state index contributed by atoms with van der Waals surface area (Å²) in [6, 6.07) is -0.145. The minimum absolute atomic E-state index is 0.0600. The summed E-state index contributed by atoms with van der Waals surface area (Å²) in [4.78, 5) is 47.6. The molecule has 9 nitrogen and oxygen atoms in total. The predicted octanol–water partition coefficient (Wildman–Crippen LogP) is 2.70. The van der Waals surface area contributed by atoms with E-state index in [1.54, 1.807) is 4.90 Å². The van der Waals surface area contributed by atoms with E-state index >= 15 is 0 Å². The molecular formula is C22H34N6O3. The Hall–Kier alpha value is -2.71. The standard InChI is InChI=1S/C22H34N6O3/c1-22(2,3)27-21(31)28-12-8-16(9-13-28)25-20(30)18-19(24-11-10-23-18)26-17(29)14-15-6-4-5-7-15/h10-11,15-16H,4-9,12-14H2,1-3H3,(H,25,30)(H,27,31)(H,24,26,29). The highest BCUT2D eigenvalue weighted by molar-refractivity contribution is 6.01. The van der Waals surface area contributed by atoms with Crippen molar-refractivity contribution in [3.8, 4) is 0 Å². The molecule has 3 N–H and O–H groups in total. The van der Waals surface area contributed by atoms with Gasteiger partial charge >= 0.3 is 6.03 Å². The highest BCUT2D eigenvalue weighted by Crippen LogP contribution is 2.27. The van der Waals surface area contributed by atoms with Crippen LogP contribution < -0.4 is 16.0 Å². The summed E-state index contributed by atoms with van der Waals surface area (Å²) >= 11 is 0. The number of rotatable bonds is 5. The van der Waals surface area contributed by atoms with Crippen LogP contribution in [-0.2, 0) is 4.79 Å². The van der Waals surface area contributed by atoms with Crippen LogP contribution in [0, 0.1) is 5.92 Å². The molecule has 31 heavy (non-hydrogen) atoms. The molecule has 2 aliphatic rings. The maximum absolute atomic E-state index is 12.8. The fourth-order valence-electron chi connectivity index (χ4n) is 4.14. The number of nitrogens with zero attached hydrogens (tertiary/aromatic N) is 3. The fraction of sp³-hybridized carbons (Fsp3) is 0.682. The lowest BCUT2D eigenvalue weighted by molar-refractivity contribution is -0.117. The smallest absolute Gasteiger partial charge is 0.317 e. The molecular weight excluding hydrogens is 396 g/mol. The molecule has 1 aromatic heterocycles. The Bertz CT molecular complexity index is 793. The van der Waals surface area contributed by atoms with Gasteiger partial charge in [-0.3, -0.25) is 9.59 Å². The number of anilines is 1. The molecule has 1 aromatic rings. The zero-order chi connectivity index (χ0) is 22.4. The first-order valence-corrected chi connectivity index (χ1v) is 11.2. The lowest BCUT2D eigenvalue weighted by atomic mass is 10.0. The fourth-order valence-corrected chi connectivity index (χ4v) is 4.14. The van der Waals surface area contributed by atoms with Crippen LogP contribution in [0.25, 0.3) is 0 Å². The summed E-state index contributed by atoms with van der Waals surface area (Å²) in [6.07, 6.45) is 9.18. The molecule has 1 aliphatic heterocycles. The Morgan fingerprint density at radius 2 is 1.68 bits per heavy atom. The maximum atomic E-state index is 12.8. The maximum Gasteiger partial charge on any atom is 0.317 e. The number of urea groups is 1. The summed E-state index contributed by atoms with van der Waals surface area (Å²) in [5.41, 5.74) is -0.164. The summed E-state index contributed by atoms with van der Waals surface area (Å²) in [5, 5.41) is 8.71. The van der Waals surface area contributed by atoms with Gasteiger partial charge in [-0.05, 0) is 52.4 Å². The zero-order valence-corrected chi connectivity index (χ0v) is 18.7. The molecule has 1 aliphatic carbocycles. The molecule has 4 amide bonds. The number of hydrogen-bond acceptors (Lipinski definition) is 5. The van der Waals surface area contributed by atoms with E-state index in [1.807, 2.05) is 20.8 Å². The second-order valence-corrected chi connectivity index (χ2v) is 9.57. The first kappa shape index (κ1) is 23.0. The van der Waals surface area contributed by atoms with Gasteiger partial charge in [-0.25, -0.2) is 14.8 Å². The molecule has 0 aromatic carbocycles. The van der Waals surface area contributed by atoms with Crippen molar-refractivity contribution in [1.29, 1.82) is 0 Å². The highest BCUT2D eigenvalue weighted by atomic mass is 16.2. The average molecular weight is 431 g/mol. The molecule has 1 saturated carbocycles. The first-order valence-electron chi connectivity index (χ1n) is 11.2. The van der Waals surface area contributed by atoms with Crippen molar-refractivity contribution in [3.05, 3.63) is 18.1 Å². The molecule has 3 rings (SSSR count). The number of nitrogens with one attached hydrogen (secondary N) is 3. The Morgan fingerprint density at radius 1 is 1.03 bits per heavy atom. The quantitative estimate of drug-likeness (QED) is 0.664. The Morgan fingerprint density at radius 3 is 2.32 bits per heavy atom. The minimum atomic E-state index is -0.359. The Balaban J connectivity index is 1.52. The SMILES string of the molecule is CC(C)(C)NC(=O)N1CCC(NC(=O)c2nccnc2NC(=O)CC2CCCC2)CC1. The van der Waals surface area contributed by atoms with Crippen LogP contribution in [-0.4, -0.2) is 57.4 Å². The van der Waals surface area contributed by atoms with Gasteiger partial charge in [0.15, 0.2) is 11.5 Å². The minimum Gasteiger partial charge on any atom is -0.348 e. The van der Waals surface area contributed by atoms with E-state index in [0.717, 1.165) is 12.8 Å². The molecule has 9 heteroatoms. The monoisotopic (exact) mass is 430 g/mol. The Kier molecular flexibility index (Phi) is 7.46. The highest BCUT2D eigenvalue weighted by Gasteiger charge is 2.27. The number of carbonyl (C=O) groups is 3. The molecule has 2 heterocycles. The molecule has 170 valence electrons. The van der Waals surface area contributed by atoms with E-state index in [-0.39, 0.29) is 40.9 Å². The van der Waals surface area contributed by atoms with Crippen LogP contribution in [0.4, 0.5) is 10.6 Å². The largest absolute Gasteiger partial charge is 0.348 e. The van der Waals surface area contributed by atoms with Gasteiger partial charge in [-0.2, -0.15) is 0 Å². The third-order valence-electron chi connectivity index (χ3n) is 5.72. The summed E-state index contributed by atoms with van der Waals surface area (Å²) in [5.74, 6) is 0.126. The van der Waals surface area contributed by atoms with Crippen molar-refractivity contribution in [2.45, 2.75) is 77.3 Å². The lowest BCUT2D eigenvalue weighted by Gasteiger charge is -2.34. The molecule has 0 atom stereocenters. The normalized spacial score (nSPS) is 18.0. The molecule has 0 spiro atoms. The van der Waals surface area contributed by atoms with Gasteiger partial charge in [-0.1, -0.05) is 12.8 Å². The van der Waals surface area contributed by atoms with E-state index < -0.39 is 0 Å². The van der Waals surface area contributed by atoms with Crippen LogP contribution >= 0.6 is 0 Å². The summed E-state index contributed by atoms with van der Waals surface area (Å²) in [6.45, 7) is 6.98. The topological polar surface area (TPSA) is 116 Å². The van der Waals surface area contributed by atoms with Gasteiger partial charge in [0.1, 0.15) is 0 Å². The van der Waals surface area contributed by atoms with Gasteiger partial charge in [0.05, 0.1) is 0 Å². The number of likely N-dealkylation sites (tertiary alicyclic amines) is 1. The number of aromatic nitrogens is 2. The lowest BCUT2D eigenvalue weighted by Crippen LogP contribution is -2.53. The number of amides is 4. The van der Waals surface area contributed by atoms with E-state index in [9.17, 15) is 14.4 Å². The third-order valence-corrected chi connectivity index (χ3v) is 5.72. The van der Waals surface area contributed by atoms with E-state index in [4.69, 9.17) is 0 Å². The number of carbonyl (C=O) groups excluding carboxylic acids is 3. The summed E-state index contributed by atoms with van der Waals surface area (Å²) < 4.78 is 0. The van der Waals surface area contributed by atoms with Crippen molar-refractivity contribution >= 4 is 23.7 Å². The third kappa shape index (κ3) is 6.90. The first-order chi connectivity index (χ1) is 14.7. The Labute approximate surface area is 183 Å².